The minimum Gasteiger partial charge on any atom is -0.375 e. The lowest BCUT2D eigenvalue weighted by molar-refractivity contribution is -0.0527. The smallest absolute Gasteiger partial charge is 0.0751 e. The van der Waals surface area contributed by atoms with Crippen LogP contribution in [-0.2, 0) is 4.74 Å². The van der Waals surface area contributed by atoms with Gasteiger partial charge in [0.15, 0.2) is 0 Å². The summed E-state index contributed by atoms with van der Waals surface area (Å²) in [5.41, 5.74) is 6.08. The number of rotatable bonds is 3. The summed E-state index contributed by atoms with van der Waals surface area (Å²) in [7, 11) is 0. The van der Waals surface area contributed by atoms with Crippen LogP contribution in [0, 0.1) is 5.41 Å². The van der Waals surface area contributed by atoms with E-state index in [1.807, 2.05) is 0 Å². The molecule has 0 amide bonds. The van der Waals surface area contributed by atoms with Gasteiger partial charge >= 0.3 is 0 Å². The van der Waals surface area contributed by atoms with Gasteiger partial charge in [0.2, 0.25) is 0 Å². The maximum Gasteiger partial charge on any atom is 0.0751 e. The number of nitrogens with one attached hydrogen (secondary N) is 1. The Bertz CT molecular complexity index is 178. The molecule has 0 radical (unpaired) electrons. The Morgan fingerprint density at radius 1 is 1.36 bits per heavy atom. The molecule has 3 heteroatoms. The summed E-state index contributed by atoms with van der Waals surface area (Å²) in [5, 5.41) is 3.36. The van der Waals surface area contributed by atoms with E-state index >= 15 is 0 Å². The molecule has 1 rings (SSSR count). The lowest BCUT2D eigenvalue weighted by atomic mass is 9.76. The summed E-state index contributed by atoms with van der Waals surface area (Å²) < 4.78 is 5.77. The van der Waals surface area contributed by atoms with Crippen molar-refractivity contribution in [3.8, 4) is 0 Å². The Labute approximate surface area is 87.4 Å². The fourth-order valence-corrected chi connectivity index (χ4v) is 2.36. The first-order valence-corrected chi connectivity index (χ1v) is 5.42. The van der Waals surface area contributed by atoms with Gasteiger partial charge in [0, 0.05) is 18.6 Å². The fourth-order valence-electron chi connectivity index (χ4n) is 2.36. The van der Waals surface area contributed by atoms with E-state index in [0.29, 0.717) is 6.10 Å². The van der Waals surface area contributed by atoms with Gasteiger partial charge in [-0.05, 0) is 25.7 Å². The molecule has 3 N–H and O–H groups in total. The molecule has 0 aromatic heterocycles. The Balaban J connectivity index is 2.54. The molecule has 14 heavy (non-hydrogen) atoms. The monoisotopic (exact) mass is 200 g/mol. The highest BCUT2D eigenvalue weighted by Crippen LogP contribution is 2.32. The van der Waals surface area contributed by atoms with Gasteiger partial charge in [0.05, 0.1) is 12.7 Å². The summed E-state index contributed by atoms with van der Waals surface area (Å²) in [4.78, 5) is 0. The lowest BCUT2D eigenvalue weighted by Crippen LogP contribution is -2.50. The molecule has 0 spiro atoms. The van der Waals surface area contributed by atoms with Crippen LogP contribution in [0.25, 0.3) is 0 Å². The molecule has 1 aliphatic rings. The molecule has 1 heterocycles. The molecule has 3 nitrogen and oxygen atoms in total. The van der Waals surface area contributed by atoms with Gasteiger partial charge in [-0.3, -0.25) is 0 Å². The van der Waals surface area contributed by atoms with E-state index < -0.39 is 0 Å². The van der Waals surface area contributed by atoms with E-state index in [1.54, 1.807) is 0 Å². The molecule has 0 aromatic rings. The van der Waals surface area contributed by atoms with Crippen LogP contribution in [0.15, 0.2) is 0 Å². The van der Waals surface area contributed by atoms with Crippen LogP contribution in [0.3, 0.4) is 0 Å². The molecule has 0 bridgehead atoms. The molecule has 0 aliphatic carbocycles. The van der Waals surface area contributed by atoms with Gasteiger partial charge in [-0.1, -0.05) is 13.8 Å². The first-order chi connectivity index (χ1) is 6.31. The van der Waals surface area contributed by atoms with Gasteiger partial charge in [0.25, 0.3) is 0 Å². The van der Waals surface area contributed by atoms with Crippen LogP contribution in [0.4, 0.5) is 0 Å². The number of hydrogen-bond acceptors (Lipinski definition) is 3. The minimum atomic E-state index is -0.121. The largest absolute Gasteiger partial charge is 0.375 e. The summed E-state index contributed by atoms with van der Waals surface area (Å²) in [6.07, 6.45) is 1.27. The third kappa shape index (κ3) is 3.56. The van der Waals surface area contributed by atoms with Gasteiger partial charge in [0.1, 0.15) is 0 Å². The zero-order chi connectivity index (χ0) is 10.8. The molecule has 1 fully saturated rings. The highest BCUT2D eigenvalue weighted by atomic mass is 16.5. The lowest BCUT2D eigenvalue weighted by Gasteiger charge is -2.40. The highest BCUT2D eigenvalue weighted by molar-refractivity contribution is 4.89. The molecular formula is C11H24N2O. The standard InChI is InChI=1S/C11H24N2O/c1-10(2,8-11(3,4)12)9-7-13-5-6-14-9/h9,13H,5-8,12H2,1-4H3. The summed E-state index contributed by atoms with van der Waals surface area (Å²) in [6, 6.07) is 0. The van der Waals surface area contributed by atoms with Gasteiger partial charge in [-0.25, -0.2) is 0 Å². The Hall–Kier alpha value is -0.120. The minimum absolute atomic E-state index is 0.121. The van der Waals surface area contributed by atoms with E-state index in [0.717, 1.165) is 26.1 Å². The van der Waals surface area contributed by atoms with Crippen molar-refractivity contribution >= 4 is 0 Å². The SMILES string of the molecule is CC(C)(N)CC(C)(C)C1CNCCO1. The normalized spacial score (nSPS) is 25.1. The van der Waals surface area contributed by atoms with Crippen LogP contribution >= 0.6 is 0 Å². The van der Waals surface area contributed by atoms with Crippen molar-refractivity contribution < 1.29 is 4.74 Å². The molecule has 0 aromatic carbocycles. The van der Waals surface area contributed by atoms with E-state index in [9.17, 15) is 0 Å². The van der Waals surface area contributed by atoms with Crippen LogP contribution < -0.4 is 11.1 Å². The van der Waals surface area contributed by atoms with Gasteiger partial charge in [-0.2, -0.15) is 0 Å². The maximum absolute atomic E-state index is 6.05. The Kier molecular flexibility index (Phi) is 3.56. The van der Waals surface area contributed by atoms with Crippen molar-refractivity contribution in [1.29, 1.82) is 0 Å². The first-order valence-electron chi connectivity index (χ1n) is 5.42. The van der Waals surface area contributed by atoms with E-state index in [2.05, 4.69) is 33.0 Å². The van der Waals surface area contributed by atoms with Crippen molar-refractivity contribution in [2.75, 3.05) is 19.7 Å². The quantitative estimate of drug-likeness (QED) is 0.718. The average molecular weight is 200 g/mol. The predicted octanol–water partition coefficient (Wildman–Crippen LogP) is 1.13. The van der Waals surface area contributed by atoms with Crippen molar-refractivity contribution in [1.82, 2.24) is 5.32 Å². The van der Waals surface area contributed by atoms with Crippen molar-refractivity contribution in [3.63, 3.8) is 0 Å². The second kappa shape index (κ2) is 4.17. The summed E-state index contributed by atoms with van der Waals surface area (Å²) in [5.74, 6) is 0. The number of ether oxygens (including phenoxy) is 1. The van der Waals surface area contributed by atoms with Crippen LogP contribution in [-0.4, -0.2) is 31.3 Å². The second-order valence-electron chi connectivity index (χ2n) is 5.72. The molecule has 0 saturated carbocycles. The van der Waals surface area contributed by atoms with Crippen molar-refractivity contribution in [2.45, 2.75) is 45.8 Å². The Morgan fingerprint density at radius 3 is 2.43 bits per heavy atom. The summed E-state index contributed by atoms with van der Waals surface area (Å²) >= 11 is 0. The van der Waals surface area contributed by atoms with Gasteiger partial charge < -0.3 is 15.8 Å². The maximum atomic E-state index is 6.05. The number of nitrogens with two attached hydrogens (primary N) is 1. The predicted molar refractivity (Wildman–Crippen MR) is 59.3 cm³/mol. The van der Waals surface area contributed by atoms with E-state index in [-0.39, 0.29) is 11.0 Å². The molecule has 1 aliphatic heterocycles. The first kappa shape index (κ1) is 12.0. The van der Waals surface area contributed by atoms with E-state index in [4.69, 9.17) is 10.5 Å². The third-order valence-electron chi connectivity index (χ3n) is 2.71. The van der Waals surface area contributed by atoms with Crippen molar-refractivity contribution in [2.24, 2.45) is 11.1 Å². The zero-order valence-electron chi connectivity index (χ0n) is 9.89. The second-order valence-corrected chi connectivity index (χ2v) is 5.72. The Morgan fingerprint density at radius 2 is 2.00 bits per heavy atom. The third-order valence-corrected chi connectivity index (χ3v) is 2.71. The molecule has 84 valence electrons. The van der Waals surface area contributed by atoms with E-state index in [1.165, 1.54) is 0 Å². The molecule has 1 saturated heterocycles. The molecule has 1 unspecified atom stereocenters. The van der Waals surface area contributed by atoms with Crippen LogP contribution in [0.5, 0.6) is 0 Å². The summed E-state index contributed by atoms with van der Waals surface area (Å²) in [6.45, 7) is 11.4. The zero-order valence-corrected chi connectivity index (χ0v) is 9.89. The number of hydrogen-bond donors (Lipinski definition) is 2. The van der Waals surface area contributed by atoms with Crippen molar-refractivity contribution in [3.05, 3.63) is 0 Å². The number of morpholine rings is 1. The molecular weight excluding hydrogens is 176 g/mol. The molecule has 1 atom stereocenters. The highest BCUT2D eigenvalue weighted by Gasteiger charge is 2.35. The van der Waals surface area contributed by atoms with Gasteiger partial charge in [-0.15, -0.1) is 0 Å². The van der Waals surface area contributed by atoms with Crippen LogP contribution in [0.2, 0.25) is 0 Å². The fraction of sp³-hybridized carbons (Fsp3) is 1.00. The topological polar surface area (TPSA) is 47.3 Å². The average Bonchev–Trinajstić information content (AvgIpc) is 2.01. The van der Waals surface area contributed by atoms with Crippen LogP contribution in [0.1, 0.15) is 34.1 Å².